The first-order valence-corrected chi connectivity index (χ1v) is 15.6. The van der Waals surface area contributed by atoms with E-state index in [2.05, 4.69) is 10.00 Å². The molecule has 0 bridgehead atoms. The van der Waals surface area contributed by atoms with Gasteiger partial charge in [0.05, 0.1) is 59.6 Å². The van der Waals surface area contributed by atoms with Gasteiger partial charge >= 0.3 is 6.18 Å². The third-order valence-corrected chi connectivity index (χ3v) is 10.3. The highest BCUT2D eigenvalue weighted by atomic mass is 32.2. The molecule has 1 aliphatic carbocycles. The molecule has 0 unspecified atom stereocenters. The van der Waals surface area contributed by atoms with Crippen molar-refractivity contribution in [2.75, 3.05) is 39.5 Å². The van der Waals surface area contributed by atoms with Crippen LogP contribution in [0.4, 0.5) is 13.2 Å². The van der Waals surface area contributed by atoms with E-state index in [1.165, 1.54) is 16.8 Å². The number of nitrogens with zero attached hydrogens (tertiary/aromatic N) is 4. The van der Waals surface area contributed by atoms with Crippen LogP contribution in [-0.2, 0) is 37.8 Å². The predicted octanol–water partition coefficient (Wildman–Crippen LogP) is 3.68. The minimum Gasteiger partial charge on any atom is -0.379 e. The number of amides is 1. The fraction of sp³-hybridized carbons (Fsp3) is 0.448. The van der Waals surface area contributed by atoms with Gasteiger partial charge in [-0.15, -0.1) is 0 Å². The zero-order valence-electron chi connectivity index (χ0n) is 22.6. The van der Waals surface area contributed by atoms with Crippen LogP contribution in [0, 0.1) is 0 Å². The summed E-state index contributed by atoms with van der Waals surface area (Å²) in [6, 6.07) is 10.6. The fourth-order valence-electron chi connectivity index (χ4n) is 6.39. The van der Waals surface area contributed by atoms with Crippen LogP contribution >= 0.6 is 0 Å². The Balaban J connectivity index is 1.36. The molecule has 1 amide bonds. The van der Waals surface area contributed by atoms with E-state index in [0.29, 0.717) is 38.6 Å². The largest absolute Gasteiger partial charge is 0.417 e. The molecule has 1 saturated carbocycles. The van der Waals surface area contributed by atoms with Gasteiger partial charge in [-0.2, -0.15) is 18.3 Å². The lowest BCUT2D eigenvalue weighted by Gasteiger charge is -2.47. The Morgan fingerprint density at radius 3 is 2.45 bits per heavy atom. The number of halogens is 3. The average molecular weight is 603 g/mol. The Morgan fingerprint density at radius 2 is 1.76 bits per heavy atom. The lowest BCUT2D eigenvalue weighted by atomic mass is 9.86. The summed E-state index contributed by atoms with van der Waals surface area (Å²) in [5.41, 5.74) is 0.463. The summed E-state index contributed by atoms with van der Waals surface area (Å²) >= 11 is 0. The van der Waals surface area contributed by atoms with Crippen molar-refractivity contribution in [2.45, 2.75) is 48.4 Å². The van der Waals surface area contributed by atoms with Crippen molar-refractivity contribution in [3.05, 3.63) is 64.8 Å². The minimum atomic E-state index is -4.88. The van der Waals surface area contributed by atoms with E-state index >= 15 is 0 Å². The molecule has 0 N–H and O–H groups in total. The number of hydrogen-bond acceptors (Lipinski definition) is 7. The second kappa shape index (κ2) is 10.2. The third kappa shape index (κ3) is 4.62. The standard InChI is InChI=1S/C29H29F3N4O5S/c30-29(31,32)22-3-1-2-20-26-21(17-42(38,39)27(20)22)25(28(37)35-12-15-41-24-9-8-23(24)35)33-36(26)19-6-4-18(5-7-19)16-34-10-13-40-14-11-34/h1-7,23-24H,8-17H2/t23-,24+/m0/s1. The number of alkyl halides is 3. The van der Waals surface area contributed by atoms with Crippen molar-refractivity contribution in [2.24, 2.45) is 0 Å². The smallest absolute Gasteiger partial charge is 0.379 e. The molecule has 7 rings (SSSR count). The average Bonchev–Trinajstić information content (AvgIpc) is 3.32. The van der Waals surface area contributed by atoms with Crippen molar-refractivity contribution in [1.82, 2.24) is 19.6 Å². The minimum absolute atomic E-state index is 0.0541. The molecule has 4 aliphatic rings. The monoisotopic (exact) mass is 602 g/mol. The molecule has 0 spiro atoms. The van der Waals surface area contributed by atoms with Gasteiger partial charge in [0.25, 0.3) is 5.91 Å². The van der Waals surface area contributed by atoms with E-state index < -0.39 is 38.1 Å². The molecule has 42 heavy (non-hydrogen) atoms. The highest BCUT2D eigenvalue weighted by Crippen LogP contribution is 2.46. The van der Waals surface area contributed by atoms with Gasteiger partial charge in [0.15, 0.2) is 15.5 Å². The van der Waals surface area contributed by atoms with Crippen molar-refractivity contribution in [3.63, 3.8) is 0 Å². The second-order valence-corrected chi connectivity index (χ2v) is 13.1. The van der Waals surface area contributed by atoms with E-state index in [9.17, 15) is 26.4 Å². The Morgan fingerprint density at radius 1 is 1.00 bits per heavy atom. The van der Waals surface area contributed by atoms with E-state index in [4.69, 9.17) is 9.47 Å². The number of hydrogen-bond donors (Lipinski definition) is 0. The van der Waals surface area contributed by atoms with E-state index in [-0.39, 0.29) is 34.7 Å². The summed E-state index contributed by atoms with van der Waals surface area (Å²) in [5, 5.41) is 4.63. The second-order valence-electron chi connectivity index (χ2n) is 11.1. The Bertz CT molecular complexity index is 1650. The number of ether oxygens (including phenoxy) is 2. The number of aromatic nitrogens is 2. The Kier molecular flexibility index (Phi) is 6.68. The molecule has 0 radical (unpaired) electrons. The maximum absolute atomic E-state index is 14.0. The maximum Gasteiger partial charge on any atom is 0.417 e. The molecular weight excluding hydrogens is 573 g/mol. The number of benzene rings is 2. The summed E-state index contributed by atoms with van der Waals surface area (Å²) in [7, 11) is -4.44. The number of fused-ring (bicyclic) bond motifs is 4. The quantitative estimate of drug-likeness (QED) is 0.450. The van der Waals surface area contributed by atoms with Crippen LogP contribution in [0.5, 0.6) is 0 Å². The first-order chi connectivity index (χ1) is 20.1. The van der Waals surface area contributed by atoms with Crippen molar-refractivity contribution < 1.29 is 35.9 Å². The number of rotatable bonds is 4. The van der Waals surface area contributed by atoms with Crippen LogP contribution in [0.2, 0.25) is 0 Å². The lowest BCUT2D eigenvalue weighted by molar-refractivity contribution is -0.139. The van der Waals surface area contributed by atoms with E-state index in [0.717, 1.165) is 37.6 Å². The van der Waals surface area contributed by atoms with Gasteiger partial charge in [-0.05, 0) is 36.6 Å². The molecule has 2 atom stereocenters. The SMILES string of the molecule is O=C(c1nn(-c2ccc(CN3CCOCC3)cc2)c2c1CS(=O)(=O)c1c-2cccc1C(F)(F)F)N1CCO[C@@H]2CC[C@@H]21. The number of carbonyl (C=O) groups excluding carboxylic acids is 1. The normalized spacial score (nSPS) is 23.5. The molecule has 3 fully saturated rings. The molecule has 222 valence electrons. The predicted molar refractivity (Wildman–Crippen MR) is 145 cm³/mol. The van der Waals surface area contributed by atoms with Crippen LogP contribution in [0.3, 0.4) is 0 Å². The van der Waals surface area contributed by atoms with Crippen LogP contribution < -0.4 is 0 Å². The zero-order valence-corrected chi connectivity index (χ0v) is 23.5. The molecule has 3 aromatic rings. The van der Waals surface area contributed by atoms with Crippen LogP contribution in [0.25, 0.3) is 16.9 Å². The molecule has 3 aliphatic heterocycles. The topological polar surface area (TPSA) is 94.0 Å². The van der Waals surface area contributed by atoms with Gasteiger partial charge in [0.2, 0.25) is 0 Å². The van der Waals surface area contributed by atoms with E-state index in [1.807, 2.05) is 12.1 Å². The summed E-state index contributed by atoms with van der Waals surface area (Å²) < 4.78 is 81.7. The fourth-order valence-corrected chi connectivity index (χ4v) is 8.20. The lowest BCUT2D eigenvalue weighted by Crippen LogP contribution is -2.59. The molecule has 2 saturated heterocycles. The van der Waals surface area contributed by atoms with Gasteiger partial charge in [-0.3, -0.25) is 9.69 Å². The van der Waals surface area contributed by atoms with Crippen LogP contribution in [-0.4, -0.2) is 85.5 Å². The summed E-state index contributed by atoms with van der Waals surface area (Å²) in [6.07, 6.45) is -3.36. The summed E-state index contributed by atoms with van der Waals surface area (Å²) in [4.78, 5) is 17.1. The number of carbonyl (C=O) groups is 1. The first kappa shape index (κ1) is 27.6. The maximum atomic E-state index is 14.0. The Hall–Kier alpha value is -3.26. The van der Waals surface area contributed by atoms with Gasteiger partial charge in [0, 0.05) is 37.3 Å². The van der Waals surface area contributed by atoms with Crippen molar-refractivity contribution >= 4 is 15.7 Å². The van der Waals surface area contributed by atoms with Crippen molar-refractivity contribution in [3.8, 4) is 16.9 Å². The van der Waals surface area contributed by atoms with Gasteiger partial charge in [0.1, 0.15) is 0 Å². The molecule has 1 aromatic heterocycles. The Labute approximate surface area is 240 Å². The van der Waals surface area contributed by atoms with Crippen LogP contribution in [0.15, 0.2) is 47.4 Å². The highest BCUT2D eigenvalue weighted by molar-refractivity contribution is 7.91. The number of sulfone groups is 1. The summed E-state index contributed by atoms with van der Waals surface area (Å²) in [6.45, 7) is 4.37. The van der Waals surface area contributed by atoms with Gasteiger partial charge in [-0.25, -0.2) is 13.1 Å². The zero-order chi connectivity index (χ0) is 29.2. The summed E-state index contributed by atoms with van der Waals surface area (Å²) in [5.74, 6) is -1.19. The van der Waals surface area contributed by atoms with Gasteiger partial charge in [-0.1, -0.05) is 24.3 Å². The molecule has 9 nitrogen and oxygen atoms in total. The molecule has 4 heterocycles. The highest BCUT2D eigenvalue weighted by Gasteiger charge is 2.46. The molecule has 2 aromatic carbocycles. The molecular formula is C29H29F3N4O5S. The third-order valence-electron chi connectivity index (χ3n) is 8.60. The molecule has 13 heteroatoms. The van der Waals surface area contributed by atoms with Crippen LogP contribution in [0.1, 0.15) is 40.0 Å². The number of morpholine rings is 2. The first-order valence-electron chi connectivity index (χ1n) is 14.0. The van der Waals surface area contributed by atoms with Crippen molar-refractivity contribution in [1.29, 1.82) is 0 Å². The van der Waals surface area contributed by atoms with E-state index in [1.54, 1.807) is 17.0 Å². The van der Waals surface area contributed by atoms with Gasteiger partial charge < -0.3 is 14.4 Å².